The third kappa shape index (κ3) is 2.74. The standard InChI is InChI=1S/C8H6BrN5O2S/c1-4-11-8(17-13-4)12-7-6(14(15)16)2-5(9)3-10-7/h2-3H,1H3,(H,10,11,12,13). The molecule has 2 rings (SSSR count). The molecule has 2 heterocycles. The van der Waals surface area contributed by atoms with E-state index in [9.17, 15) is 10.1 Å². The Bertz CT molecular complexity index is 573. The van der Waals surface area contributed by atoms with Crippen LogP contribution in [0, 0.1) is 17.0 Å². The summed E-state index contributed by atoms with van der Waals surface area (Å²) >= 11 is 4.26. The number of hydrogen-bond acceptors (Lipinski definition) is 7. The predicted octanol–water partition coefficient (Wildman–Crippen LogP) is 2.66. The summed E-state index contributed by atoms with van der Waals surface area (Å²) in [6.07, 6.45) is 1.48. The van der Waals surface area contributed by atoms with E-state index in [0.717, 1.165) is 11.5 Å². The van der Waals surface area contributed by atoms with Crippen molar-refractivity contribution in [1.29, 1.82) is 0 Å². The van der Waals surface area contributed by atoms with Crippen LogP contribution < -0.4 is 5.32 Å². The number of aromatic nitrogens is 3. The third-order valence-corrected chi connectivity index (χ3v) is 2.94. The van der Waals surface area contributed by atoms with Gasteiger partial charge in [0.15, 0.2) is 0 Å². The van der Waals surface area contributed by atoms with Crippen LogP contribution in [0.2, 0.25) is 0 Å². The highest BCUT2D eigenvalue weighted by Crippen LogP contribution is 2.28. The van der Waals surface area contributed by atoms with Gasteiger partial charge in [0.1, 0.15) is 5.82 Å². The van der Waals surface area contributed by atoms with Gasteiger partial charge in [-0.1, -0.05) is 0 Å². The topological polar surface area (TPSA) is 93.8 Å². The average molecular weight is 316 g/mol. The highest BCUT2D eigenvalue weighted by Gasteiger charge is 2.17. The second-order valence-corrected chi connectivity index (χ2v) is 4.72. The molecule has 7 nitrogen and oxygen atoms in total. The highest BCUT2D eigenvalue weighted by molar-refractivity contribution is 9.10. The van der Waals surface area contributed by atoms with Crippen molar-refractivity contribution < 1.29 is 4.92 Å². The van der Waals surface area contributed by atoms with Gasteiger partial charge in [-0.15, -0.1) is 0 Å². The zero-order valence-electron chi connectivity index (χ0n) is 8.55. The summed E-state index contributed by atoms with van der Waals surface area (Å²) in [6, 6.07) is 1.38. The zero-order chi connectivity index (χ0) is 12.4. The van der Waals surface area contributed by atoms with E-state index >= 15 is 0 Å². The van der Waals surface area contributed by atoms with Gasteiger partial charge in [-0.2, -0.15) is 4.37 Å². The van der Waals surface area contributed by atoms with E-state index in [4.69, 9.17) is 0 Å². The Kier molecular flexibility index (Phi) is 3.29. The summed E-state index contributed by atoms with van der Waals surface area (Å²) < 4.78 is 4.51. The van der Waals surface area contributed by atoms with Crippen LogP contribution in [0.15, 0.2) is 16.7 Å². The minimum absolute atomic E-state index is 0.118. The Morgan fingerprint density at radius 2 is 2.35 bits per heavy atom. The molecule has 0 saturated carbocycles. The summed E-state index contributed by atoms with van der Waals surface area (Å²) in [6.45, 7) is 1.74. The maximum atomic E-state index is 10.8. The first kappa shape index (κ1) is 11.9. The van der Waals surface area contributed by atoms with E-state index in [-0.39, 0.29) is 11.5 Å². The van der Waals surface area contributed by atoms with E-state index in [2.05, 4.69) is 35.6 Å². The van der Waals surface area contributed by atoms with E-state index in [1.165, 1.54) is 12.3 Å². The number of rotatable bonds is 3. The summed E-state index contributed by atoms with van der Waals surface area (Å²) in [7, 11) is 0. The third-order valence-electron chi connectivity index (χ3n) is 1.78. The van der Waals surface area contributed by atoms with Gasteiger partial charge in [-0.25, -0.2) is 9.97 Å². The molecule has 2 aromatic rings. The average Bonchev–Trinajstić information content (AvgIpc) is 2.66. The number of anilines is 2. The first-order valence-corrected chi connectivity index (χ1v) is 6.00. The zero-order valence-corrected chi connectivity index (χ0v) is 10.9. The lowest BCUT2D eigenvalue weighted by Gasteiger charge is -2.02. The lowest BCUT2D eigenvalue weighted by molar-refractivity contribution is -0.384. The number of hydrogen-bond donors (Lipinski definition) is 1. The molecule has 0 fully saturated rings. The molecule has 0 aromatic carbocycles. The summed E-state index contributed by atoms with van der Waals surface area (Å²) in [5.74, 6) is 0.756. The Balaban J connectivity index is 2.35. The van der Waals surface area contributed by atoms with Crippen LogP contribution in [0.3, 0.4) is 0 Å². The van der Waals surface area contributed by atoms with Gasteiger partial charge in [0.2, 0.25) is 10.9 Å². The number of nitrogens with zero attached hydrogens (tertiary/aromatic N) is 4. The molecule has 1 N–H and O–H groups in total. The summed E-state index contributed by atoms with van der Waals surface area (Å²) in [4.78, 5) is 18.3. The van der Waals surface area contributed by atoms with Crippen molar-refractivity contribution in [3.05, 3.63) is 32.7 Å². The SMILES string of the molecule is Cc1nsc(Nc2ncc(Br)cc2[N+](=O)[O-])n1. The van der Waals surface area contributed by atoms with Crippen LogP contribution in [-0.2, 0) is 0 Å². The summed E-state index contributed by atoms with van der Waals surface area (Å²) in [5.41, 5.74) is -0.118. The molecule has 0 amide bonds. The summed E-state index contributed by atoms with van der Waals surface area (Å²) in [5, 5.41) is 14.1. The smallest absolute Gasteiger partial charge is 0.309 e. The van der Waals surface area contributed by atoms with Gasteiger partial charge in [0, 0.05) is 28.3 Å². The van der Waals surface area contributed by atoms with Crippen molar-refractivity contribution in [1.82, 2.24) is 14.3 Å². The molecule has 9 heteroatoms. The van der Waals surface area contributed by atoms with Crippen molar-refractivity contribution in [2.24, 2.45) is 0 Å². The van der Waals surface area contributed by atoms with Crippen LogP contribution in [-0.4, -0.2) is 19.3 Å². The molecule has 0 spiro atoms. The molecule has 0 radical (unpaired) electrons. The molecule has 0 unspecified atom stereocenters. The van der Waals surface area contributed by atoms with Gasteiger partial charge < -0.3 is 5.32 Å². The molecular formula is C8H6BrN5O2S. The molecule has 0 saturated heterocycles. The van der Waals surface area contributed by atoms with E-state index < -0.39 is 4.92 Å². The lowest BCUT2D eigenvalue weighted by atomic mass is 10.4. The minimum Gasteiger partial charge on any atom is -0.309 e. The second-order valence-electron chi connectivity index (χ2n) is 3.05. The molecule has 0 bridgehead atoms. The molecule has 17 heavy (non-hydrogen) atoms. The van der Waals surface area contributed by atoms with Gasteiger partial charge in [-0.3, -0.25) is 10.1 Å². The monoisotopic (exact) mass is 315 g/mol. The quantitative estimate of drug-likeness (QED) is 0.691. The lowest BCUT2D eigenvalue weighted by Crippen LogP contribution is -1.99. The Labute approximate surface area is 108 Å². The maximum absolute atomic E-state index is 10.8. The molecule has 88 valence electrons. The Morgan fingerprint density at radius 1 is 1.59 bits per heavy atom. The first-order valence-electron chi connectivity index (χ1n) is 4.43. The largest absolute Gasteiger partial charge is 0.312 e. The maximum Gasteiger partial charge on any atom is 0.312 e. The molecular weight excluding hydrogens is 310 g/mol. The van der Waals surface area contributed by atoms with Crippen molar-refractivity contribution in [3.8, 4) is 0 Å². The van der Waals surface area contributed by atoms with Crippen molar-refractivity contribution in [2.45, 2.75) is 6.92 Å². The highest BCUT2D eigenvalue weighted by atomic mass is 79.9. The fourth-order valence-corrected chi connectivity index (χ4v) is 2.01. The van der Waals surface area contributed by atoms with Crippen LogP contribution in [0.25, 0.3) is 0 Å². The molecule has 0 aliphatic carbocycles. The second kappa shape index (κ2) is 4.72. The molecule has 2 aromatic heterocycles. The fraction of sp³-hybridized carbons (Fsp3) is 0.125. The van der Waals surface area contributed by atoms with E-state index in [0.29, 0.717) is 15.4 Å². The van der Waals surface area contributed by atoms with Gasteiger partial charge in [-0.05, 0) is 22.9 Å². The number of nitro groups is 1. The fourth-order valence-electron chi connectivity index (χ4n) is 1.11. The van der Waals surface area contributed by atoms with Crippen molar-refractivity contribution in [2.75, 3.05) is 5.32 Å². The molecule has 0 atom stereocenters. The number of nitrogens with one attached hydrogen (secondary N) is 1. The number of pyridine rings is 1. The number of halogens is 1. The van der Waals surface area contributed by atoms with E-state index in [1.807, 2.05) is 0 Å². The van der Waals surface area contributed by atoms with Crippen molar-refractivity contribution >= 4 is 44.1 Å². The predicted molar refractivity (Wildman–Crippen MR) is 66.5 cm³/mol. The Morgan fingerprint density at radius 3 is 2.94 bits per heavy atom. The number of aryl methyl sites for hydroxylation is 1. The molecule has 0 aliphatic rings. The first-order chi connectivity index (χ1) is 8.06. The van der Waals surface area contributed by atoms with Gasteiger partial charge >= 0.3 is 5.69 Å². The van der Waals surface area contributed by atoms with Crippen LogP contribution >= 0.6 is 27.5 Å². The van der Waals surface area contributed by atoms with Crippen molar-refractivity contribution in [3.63, 3.8) is 0 Å². The normalized spacial score (nSPS) is 10.2. The molecule has 0 aliphatic heterocycles. The van der Waals surface area contributed by atoms with Crippen LogP contribution in [0.4, 0.5) is 16.6 Å². The van der Waals surface area contributed by atoms with Crippen LogP contribution in [0.1, 0.15) is 5.82 Å². The van der Waals surface area contributed by atoms with Gasteiger partial charge in [0.05, 0.1) is 4.92 Å². The van der Waals surface area contributed by atoms with E-state index in [1.54, 1.807) is 6.92 Å². The van der Waals surface area contributed by atoms with Crippen LogP contribution in [0.5, 0.6) is 0 Å². The minimum atomic E-state index is -0.506. The Hall–Kier alpha value is -1.61. The van der Waals surface area contributed by atoms with Gasteiger partial charge in [0.25, 0.3) is 0 Å².